The lowest BCUT2D eigenvalue weighted by Crippen LogP contribution is -2.27. The van der Waals surface area contributed by atoms with E-state index in [1.807, 2.05) is 6.07 Å². The molecule has 4 N–H and O–H groups in total. The SMILES string of the molecule is COc1ccc2ccc(S(N)(=O)=O)c(C3CCN(Cc4cc(C#N)ccc4N)C3=O)c2c1. The van der Waals surface area contributed by atoms with E-state index in [0.29, 0.717) is 46.5 Å². The van der Waals surface area contributed by atoms with Crippen LogP contribution in [0.1, 0.15) is 29.0 Å². The average Bonchev–Trinajstić information content (AvgIpc) is 3.13. The van der Waals surface area contributed by atoms with E-state index >= 15 is 0 Å². The van der Waals surface area contributed by atoms with Gasteiger partial charge >= 0.3 is 0 Å². The monoisotopic (exact) mass is 450 g/mol. The normalized spacial score (nSPS) is 16.3. The van der Waals surface area contributed by atoms with Gasteiger partial charge in [-0.2, -0.15) is 5.26 Å². The van der Waals surface area contributed by atoms with Gasteiger partial charge in [0, 0.05) is 18.8 Å². The molecule has 0 radical (unpaired) electrons. The van der Waals surface area contributed by atoms with Crippen molar-refractivity contribution in [3.8, 4) is 11.8 Å². The van der Waals surface area contributed by atoms with Gasteiger partial charge in [0.2, 0.25) is 15.9 Å². The number of likely N-dealkylation sites (tertiary alicyclic amines) is 1. The number of nitrogen functional groups attached to an aromatic ring is 1. The van der Waals surface area contributed by atoms with Crippen LogP contribution in [0.5, 0.6) is 5.75 Å². The first-order valence-electron chi connectivity index (χ1n) is 9.93. The molecule has 8 nitrogen and oxygen atoms in total. The number of hydrogen-bond acceptors (Lipinski definition) is 6. The number of carbonyl (C=O) groups excluding carboxylic acids is 1. The first-order valence-corrected chi connectivity index (χ1v) is 11.5. The minimum Gasteiger partial charge on any atom is -0.497 e. The molecule has 0 bridgehead atoms. The fraction of sp³-hybridized carbons (Fsp3) is 0.217. The summed E-state index contributed by atoms with van der Waals surface area (Å²) in [7, 11) is -2.54. The summed E-state index contributed by atoms with van der Waals surface area (Å²) < 4.78 is 30.1. The molecule has 1 atom stereocenters. The Hall–Kier alpha value is -3.61. The summed E-state index contributed by atoms with van der Waals surface area (Å²) in [4.78, 5) is 15.0. The fourth-order valence-corrected chi connectivity index (χ4v) is 5.03. The molecule has 1 heterocycles. The summed E-state index contributed by atoms with van der Waals surface area (Å²) in [5, 5.41) is 16.1. The van der Waals surface area contributed by atoms with Crippen LogP contribution in [0.15, 0.2) is 53.4 Å². The zero-order valence-corrected chi connectivity index (χ0v) is 18.2. The second-order valence-electron chi connectivity index (χ2n) is 7.74. The highest BCUT2D eigenvalue weighted by molar-refractivity contribution is 7.89. The summed E-state index contributed by atoms with van der Waals surface area (Å²) in [5.74, 6) is -0.347. The number of sulfonamides is 1. The summed E-state index contributed by atoms with van der Waals surface area (Å²) >= 11 is 0. The van der Waals surface area contributed by atoms with Gasteiger partial charge in [0.05, 0.1) is 29.6 Å². The third kappa shape index (κ3) is 3.86. The van der Waals surface area contributed by atoms with E-state index in [1.54, 1.807) is 41.3 Å². The molecule has 9 heteroatoms. The summed E-state index contributed by atoms with van der Waals surface area (Å²) in [6, 6.07) is 15.4. The number of methoxy groups -OCH3 is 1. The number of carbonyl (C=O) groups is 1. The first kappa shape index (κ1) is 21.6. The van der Waals surface area contributed by atoms with Crippen LogP contribution < -0.4 is 15.6 Å². The Kier molecular flexibility index (Phi) is 5.50. The predicted octanol–water partition coefficient (Wildman–Crippen LogP) is 2.47. The standard InChI is InChI=1S/C23H22N4O4S/c1-31-17-5-3-15-4-7-21(32(26,29)30)22(19(15)11-17)18-8-9-27(23(18)28)13-16-10-14(12-24)2-6-20(16)25/h2-7,10-11,18H,8-9,13,25H2,1H3,(H2,26,29,30). The molecule has 1 aliphatic heterocycles. The maximum atomic E-state index is 13.4. The lowest BCUT2D eigenvalue weighted by molar-refractivity contribution is -0.129. The Morgan fingerprint density at radius 3 is 2.62 bits per heavy atom. The molecule has 0 aromatic heterocycles. The summed E-state index contributed by atoms with van der Waals surface area (Å²) in [6.07, 6.45) is 0.426. The molecule has 0 spiro atoms. The third-order valence-corrected chi connectivity index (χ3v) is 6.79. The van der Waals surface area contributed by atoms with Crippen LogP contribution in [0.25, 0.3) is 10.8 Å². The number of benzene rings is 3. The molecule has 1 fully saturated rings. The molecule has 1 amide bonds. The Balaban J connectivity index is 1.78. The predicted molar refractivity (Wildman–Crippen MR) is 120 cm³/mol. The topological polar surface area (TPSA) is 140 Å². The molecule has 1 aliphatic rings. The van der Waals surface area contributed by atoms with E-state index < -0.39 is 15.9 Å². The number of anilines is 1. The van der Waals surface area contributed by atoms with Crippen LogP contribution in [-0.4, -0.2) is 32.9 Å². The highest BCUT2D eigenvalue weighted by Gasteiger charge is 2.37. The summed E-state index contributed by atoms with van der Waals surface area (Å²) in [6.45, 7) is 0.652. The number of primary sulfonamides is 1. The van der Waals surface area contributed by atoms with E-state index in [9.17, 15) is 13.2 Å². The van der Waals surface area contributed by atoms with Crippen molar-refractivity contribution >= 4 is 32.4 Å². The van der Waals surface area contributed by atoms with Crippen LogP contribution in [-0.2, 0) is 21.4 Å². The van der Waals surface area contributed by atoms with Crippen molar-refractivity contribution < 1.29 is 17.9 Å². The molecule has 3 aromatic carbocycles. The first-order chi connectivity index (χ1) is 15.2. The molecule has 1 unspecified atom stereocenters. The second-order valence-corrected chi connectivity index (χ2v) is 9.27. The van der Waals surface area contributed by atoms with Crippen LogP contribution in [0, 0.1) is 11.3 Å². The van der Waals surface area contributed by atoms with Gasteiger partial charge in [0.1, 0.15) is 5.75 Å². The Morgan fingerprint density at radius 1 is 1.19 bits per heavy atom. The van der Waals surface area contributed by atoms with E-state index in [0.717, 1.165) is 5.39 Å². The zero-order chi connectivity index (χ0) is 23.0. The van der Waals surface area contributed by atoms with Crippen molar-refractivity contribution in [1.82, 2.24) is 4.90 Å². The molecule has 1 saturated heterocycles. The number of fused-ring (bicyclic) bond motifs is 1. The molecule has 0 saturated carbocycles. The quantitative estimate of drug-likeness (QED) is 0.572. The maximum absolute atomic E-state index is 13.4. The molecule has 164 valence electrons. The maximum Gasteiger partial charge on any atom is 0.238 e. The van der Waals surface area contributed by atoms with Crippen molar-refractivity contribution in [2.45, 2.75) is 23.8 Å². The Morgan fingerprint density at radius 2 is 1.94 bits per heavy atom. The van der Waals surface area contributed by atoms with Gasteiger partial charge in [0.15, 0.2) is 0 Å². The Bertz CT molecular complexity index is 1380. The van der Waals surface area contributed by atoms with Gasteiger partial charge in [-0.3, -0.25) is 4.79 Å². The van der Waals surface area contributed by atoms with Crippen LogP contribution >= 0.6 is 0 Å². The minimum atomic E-state index is -4.07. The van der Waals surface area contributed by atoms with Crippen molar-refractivity contribution in [3.63, 3.8) is 0 Å². The van der Waals surface area contributed by atoms with Gasteiger partial charge in [0.25, 0.3) is 0 Å². The van der Waals surface area contributed by atoms with Gasteiger partial charge in [-0.15, -0.1) is 0 Å². The van der Waals surface area contributed by atoms with Crippen molar-refractivity contribution in [2.24, 2.45) is 5.14 Å². The van der Waals surface area contributed by atoms with Crippen LogP contribution in [0.3, 0.4) is 0 Å². The van der Waals surface area contributed by atoms with Gasteiger partial charge in [-0.05, 0) is 64.7 Å². The smallest absolute Gasteiger partial charge is 0.238 e. The lowest BCUT2D eigenvalue weighted by atomic mass is 9.92. The summed E-state index contributed by atoms with van der Waals surface area (Å²) in [5.41, 5.74) is 8.04. The van der Waals surface area contributed by atoms with E-state index in [-0.39, 0.29) is 17.3 Å². The number of nitrogens with zero attached hydrogens (tertiary/aromatic N) is 2. The third-order valence-electron chi connectivity index (χ3n) is 5.82. The molecular formula is C23H22N4O4S. The molecular weight excluding hydrogens is 428 g/mol. The highest BCUT2D eigenvalue weighted by Crippen LogP contribution is 2.39. The van der Waals surface area contributed by atoms with Gasteiger partial charge < -0.3 is 15.4 Å². The molecule has 0 aliphatic carbocycles. The fourth-order valence-electron chi connectivity index (χ4n) is 4.22. The van der Waals surface area contributed by atoms with E-state index in [1.165, 1.54) is 13.2 Å². The average molecular weight is 451 g/mol. The number of hydrogen-bond donors (Lipinski definition) is 2. The highest BCUT2D eigenvalue weighted by atomic mass is 32.2. The number of amides is 1. The lowest BCUT2D eigenvalue weighted by Gasteiger charge is -2.20. The van der Waals surface area contributed by atoms with Crippen molar-refractivity contribution in [3.05, 3.63) is 65.2 Å². The number of ether oxygens (including phenoxy) is 1. The minimum absolute atomic E-state index is 0.0653. The second kappa shape index (κ2) is 8.15. The molecule has 4 rings (SSSR count). The van der Waals surface area contributed by atoms with Crippen molar-refractivity contribution in [1.29, 1.82) is 5.26 Å². The van der Waals surface area contributed by atoms with Crippen molar-refractivity contribution in [2.75, 3.05) is 19.4 Å². The van der Waals surface area contributed by atoms with Gasteiger partial charge in [-0.25, -0.2) is 13.6 Å². The van der Waals surface area contributed by atoms with Crippen LogP contribution in [0.4, 0.5) is 5.69 Å². The Labute approximate surface area is 186 Å². The zero-order valence-electron chi connectivity index (χ0n) is 17.4. The van der Waals surface area contributed by atoms with Gasteiger partial charge in [-0.1, -0.05) is 12.1 Å². The number of nitriles is 1. The number of rotatable bonds is 5. The van der Waals surface area contributed by atoms with E-state index in [2.05, 4.69) is 6.07 Å². The van der Waals surface area contributed by atoms with E-state index in [4.69, 9.17) is 20.9 Å². The molecule has 3 aromatic rings. The molecule has 32 heavy (non-hydrogen) atoms. The largest absolute Gasteiger partial charge is 0.497 e. The number of nitrogens with two attached hydrogens (primary N) is 2. The van der Waals surface area contributed by atoms with Crippen LogP contribution in [0.2, 0.25) is 0 Å².